The van der Waals surface area contributed by atoms with Gasteiger partial charge in [-0.2, -0.15) is 5.10 Å². The van der Waals surface area contributed by atoms with Gasteiger partial charge in [-0.1, -0.05) is 26.0 Å². The van der Waals surface area contributed by atoms with Gasteiger partial charge in [-0.05, 0) is 30.2 Å². The number of rotatable bonds is 7. The first kappa shape index (κ1) is 21.4. The van der Waals surface area contributed by atoms with Crippen molar-refractivity contribution in [1.29, 1.82) is 0 Å². The number of hydrogen-bond acceptors (Lipinski definition) is 2. The topological polar surface area (TPSA) is 54.2 Å². The van der Waals surface area contributed by atoms with Crippen LogP contribution in [0.15, 0.2) is 47.7 Å². The molecule has 5 nitrogen and oxygen atoms in total. The lowest BCUT2D eigenvalue weighted by atomic mass is 9.84. The molecule has 2 aromatic rings. The van der Waals surface area contributed by atoms with Crippen LogP contribution in [0.3, 0.4) is 0 Å². The molecule has 2 N–H and O–H groups in total. The van der Waals surface area contributed by atoms with Crippen molar-refractivity contribution < 1.29 is 4.39 Å². The van der Waals surface area contributed by atoms with Crippen molar-refractivity contribution in [2.45, 2.75) is 32.2 Å². The van der Waals surface area contributed by atoms with E-state index in [-0.39, 0.29) is 35.2 Å². The summed E-state index contributed by atoms with van der Waals surface area (Å²) in [6, 6.07) is 8.58. The van der Waals surface area contributed by atoms with E-state index in [0.717, 1.165) is 31.0 Å². The summed E-state index contributed by atoms with van der Waals surface area (Å²) in [5, 5.41) is 10.8. The van der Waals surface area contributed by atoms with Crippen LogP contribution in [-0.4, -0.2) is 35.9 Å². The second kappa shape index (κ2) is 10.4. The average Bonchev–Trinajstić information content (AvgIpc) is 3.08. The molecule has 0 aliphatic rings. The minimum absolute atomic E-state index is 0. The number of aromatic nitrogens is 2. The van der Waals surface area contributed by atoms with Gasteiger partial charge in [0.2, 0.25) is 0 Å². The van der Waals surface area contributed by atoms with E-state index < -0.39 is 0 Å². The van der Waals surface area contributed by atoms with Gasteiger partial charge in [0, 0.05) is 44.5 Å². The molecule has 0 atom stereocenters. The molecule has 1 aromatic heterocycles. The molecule has 7 heteroatoms. The van der Waals surface area contributed by atoms with Gasteiger partial charge in [0.25, 0.3) is 0 Å². The lowest BCUT2D eigenvalue weighted by Crippen LogP contribution is -2.43. The van der Waals surface area contributed by atoms with E-state index in [9.17, 15) is 4.39 Å². The monoisotopic (exact) mass is 459 g/mol. The lowest BCUT2D eigenvalue weighted by molar-refractivity contribution is 0.505. The van der Waals surface area contributed by atoms with Gasteiger partial charge in [-0.15, -0.1) is 24.0 Å². The molecular formula is C18H27FIN5. The van der Waals surface area contributed by atoms with E-state index in [1.807, 2.05) is 29.1 Å². The van der Waals surface area contributed by atoms with Crippen LogP contribution in [0, 0.1) is 5.82 Å². The maximum atomic E-state index is 13.1. The van der Waals surface area contributed by atoms with Gasteiger partial charge in [0.1, 0.15) is 5.82 Å². The Morgan fingerprint density at radius 2 is 1.96 bits per heavy atom. The van der Waals surface area contributed by atoms with Crippen molar-refractivity contribution in [1.82, 2.24) is 20.4 Å². The van der Waals surface area contributed by atoms with Crippen molar-refractivity contribution in [3.63, 3.8) is 0 Å². The van der Waals surface area contributed by atoms with Crippen LogP contribution in [0.1, 0.15) is 25.8 Å². The molecular weight excluding hydrogens is 432 g/mol. The molecule has 0 spiro atoms. The summed E-state index contributed by atoms with van der Waals surface area (Å²) in [6.07, 6.45) is 4.70. The van der Waals surface area contributed by atoms with Gasteiger partial charge in [0.15, 0.2) is 5.96 Å². The first-order valence-electron chi connectivity index (χ1n) is 8.19. The third-order valence-electron chi connectivity index (χ3n) is 3.96. The SMILES string of the molecule is CN=C(NCCCn1cccn1)NCC(C)(C)c1ccc(F)cc1.I. The Balaban J connectivity index is 0.00000312. The molecule has 0 unspecified atom stereocenters. The highest BCUT2D eigenvalue weighted by Crippen LogP contribution is 2.22. The summed E-state index contributed by atoms with van der Waals surface area (Å²) >= 11 is 0. The highest BCUT2D eigenvalue weighted by Gasteiger charge is 2.20. The van der Waals surface area contributed by atoms with E-state index in [0.29, 0.717) is 6.54 Å². The molecule has 138 valence electrons. The van der Waals surface area contributed by atoms with Crippen molar-refractivity contribution >= 4 is 29.9 Å². The standard InChI is InChI=1S/C18H26FN5.HI/c1-18(2,15-6-8-16(19)9-7-15)14-22-17(20-3)21-10-4-12-24-13-5-11-23-24;/h5-9,11,13H,4,10,12,14H2,1-3H3,(H2,20,21,22);1H. The van der Waals surface area contributed by atoms with E-state index in [4.69, 9.17) is 0 Å². The fourth-order valence-corrected chi connectivity index (χ4v) is 2.41. The minimum atomic E-state index is -0.211. The summed E-state index contributed by atoms with van der Waals surface area (Å²) in [5.41, 5.74) is 0.964. The second-order valence-electron chi connectivity index (χ2n) is 6.37. The lowest BCUT2D eigenvalue weighted by Gasteiger charge is -2.26. The number of aliphatic imine (C=N–C) groups is 1. The van der Waals surface area contributed by atoms with Crippen LogP contribution < -0.4 is 10.6 Å². The molecule has 0 fully saturated rings. The Morgan fingerprint density at radius 1 is 1.24 bits per heavy atom. The number of halogens is 2. The number of nitrogens with one attached hydrogen (secondary N) is 2. The van der Waals surface area contributed by atoms with E-state index in [1.165, 1.54) is 12.1 Å². The molecule has 0 radical (unpaired) electrons. The fraction of sp³-hybridized carbons (Fsp3) is 0.444. The first-order valence-corrected chi connectivity index (χ1v) is 8.19. The molecule has 2 rings (SSSR count). The Kier molecular flexibility index (Phi) is 8.88. The third kappa shape index (κ3) is 7.01. The summed E-state index contributed by atoms with van der Waals surface area (Å²) in [5.74, 6) is 0.558. The fourth-order valence-electron chi connectivity index (χ4n) is 2.41. The van der Waals surface area contributed by atoms with Crippen molar-refractivity contribution in [2.24, 2.45) is 4.99 Å². The zero-order chi connectivity index (χ0) is 17.4. The number of benzene rings is 1. The number of nitrogens with zero attached hydrogens (tertiary/aromatic N) is 3. The predicted molar refractivity (Wildman–Crippen MR) is 111 cm³/mol. The maximum absolute atomic E-state index is 13.1. The largest absolute Gasteiger partial charge is 0.356 e. The highest BCUT2D eigenvalue weighted by atomic mass is 127. The maximum Gasteiger partial charge on any atom is 0.191 e. The number of guanidine groups is 1. The molecule has 0 bridgehead atoms. The van der Waals surface area contributed by atoms with Gasteiger partial charge >= 0.3 is 0 Å². The first-order chi connectivity index (χ1) is 11.5. The highest BCUT2D eigenvalue weighted by molar-refractivity contribution is 14.0. The van der Waals surface area contributed by atoms with Crippen LogP contribution in [0.4, 0.5) is 4.39 Å². The summed E-state index contributed by atoms with van der Waals surface area (Å²) in [6.45, 7) is 6.64. The third-order valence-corrected chi connectivity index (χ3v) is 3.96. The summed E-state index contributed by atoms with van der Waals surface area (Å²) in [4.78, 5) is 4.25. The zero-order valence-electron chi connectivity index (χ0n) is 15.0. The van der Waals surface area contributed by atoms with E-state index in [2.05, 4.69) is 34.6 Å². The predicted octanol–water partition coefficient (Wildman–Crippen LogP) is 3.17. The Hall–Kier alpha value is -1.64. The Bertz CT molecular complexity index is 638. The van der Waals surface area contributed by atoms with Crippen LogP contribution in [0.5, 0.6) is 0 Å². The van der Waals surface area contributed by atoms with Crippen molar-refractivity contribution in [3.05, 3.63) is 54.1 Å². The molecule has 0 aliphatic carbocycles. The van der Waals surface area contributed by atoms with Crippen LogP contribution in [-0.2, 0) is 12.0 Å². The summed E-state index contributed by atoms with van der Waals surface area (Å²) < 4.78 is 15.0. The quantitative estimate of drug-likeness (QED) is 0.290. The normalized spacial score (nSPS) is 11.8. The average molecular weight is 459 g/mol. The van der Waals surface area contributed by atoms with Gasteiger partial charge in [-0.25, -0.2) is 4.39 Å². The second-order valence-corrected chi connectivity index (χ2v) is 6.37. The van der Waals surface area contributed by atoms with Crippen LogP contribution >= 0.6 is 24.0 Å². The molecule has 25 heavy (non-hydrogen) atoms. The molecule has 0 saturated heterocycles. The number of aryl methyl sites for hydroxylation is 1. The van der Waals surface area contributed by atoms with Gasteiger partial charge < -0.3 is 10.6 Å². The zero-order valence-corrected chi connectivity index (χ0v) is 17.3. The van der Waals surface area contributed by atoms with E-state index >= 15 is 0 Å². The molecule has 0 aliphatic heterocycles. The van der Waals surface area contributed by atoms with Gasteiger partial charge in [-0.3, -0.25) is 9.67 Å². The Labute approximate surface area is 166 Å². The molecule has 1 aromatic carbocycles. The van der Waals surface area contributed by atoms with Crippen molar-refractivity contribution in [3.8, 4) is 0 Å². The number of hydrogen-bond donors (Lipinski definition) is 2. The molecule has 1 heterocycles. The van der Waals surface area contributed by atoms with Gasteiger partial charge in [0.05, 0.1) is 0 Å². The smallest absolute Gasteiger partial charge is 0.191 e. The molecule has 0 amide bonds. The summed E-state index contributed by atoms with van der Waals surface area (Å²) in [7, 11) is 1.76. The van der Waals surface area contributed by atoms with Crippen LogP contribution in [0.2, 0.25) is 0 Å². The minimum Gasteiger partial charge on any atom is -0.356 e. The van der Waals surface area contributed by atoms with Crippen molar-refractivity contribution in [2.75, 3.05) is 20.1 Å². The Morgan fingerprint density at radius 3 is 2.56 bits per heavy atom. The van der Waals surface area contributed by atoms with E-state index in [1.54, 1.807) is 13.2 Å². The molecule has 0 saturated carbocycles. The van der Waals surface area contributed by atoms with Crippen LogP contribution in [0.25, 0.3) is 0 Å².